The van der Waals surface area contributed by atoms with E-state index in [2.05, 4.69) is 32.8 Å². The maximum Gasteiger partial charge on any atom is 0.150 e. The second kappa shape index (κ2) is 4.64. The zero-order valence-corrected chi connectivity index (χ0v) is 12.0. The number of hydrogen-bond donors (Lipinski definition) is 0. The van der Waals surface area contributed by atoms with E-state index in [0.717, 1.165) is 58.1 Å². The van der Waals surface area contributed by atoms with Crippen molar-refractivity contribution in [2.75, 3.05) is 31.2 Å². The summed E-state index contributed by atoms with van der Waals surface area (Å²) < 4.78 is 6.54. The van der Waals surface area contributed by atoms with Crippen LogP contribution in [0.3, 0.4) is 0 Å². The van der Waals surface area contributed by atoms with E-state index in [1.54, 1.807) is 17.7 Å². The normalized spacial score (nSPS) is 16.1. The van der Waals surface area contributed by atoms with Crippen LogP contribution in [0.25, 0.3) is 20.4 Å². The van der Waals surface area contributed by atoms with Gasteiger partial charge in [0.05, 0.1) is 23.4 Å². The molecule has 1 aliphatic rings. The lowest BCUT2D eigenvalue weighted by molar-refractivity contribution is 0.122. The Morgan fingerprint density at radius 2 is 2.05 bits per heavy atom. The topological polar surface area (TPSA) is 51.1 Å². The molecule has 20 heavy (non-hydrogen) atoms. The first kappa shape index (κ1) is 12.0. The van der Waals surface area contributed by atoms with Crippen molar-refractivity contribution in [3.8, 4) is 0 Å². The number of morpholine rings is 1. The summed E-state index contributed by atoms with van der Waals surface area (Å²) in [5, 5.41) is 1.13. The van der Waals surface area contributed by atoms with Crippen LogP contribution in [0.1, 0.15) is 5.56 Å². The predicted molar refractivity (Wildman–Crippen MR) is 80.5 cm³/mol. The molecule has 1 fully saturated rings. The molecule has 3 aromatic heterocycles. The average molecular weight is 286 g/mol. The maximum atomic E-state index is 5.41. The van der Waals surface area contributed by atoms with Gasteiger partial charge in [0, 0.05) is 24.7 Å². The van der Waals surface area contributed by atoms with Gasteiger partial charge in [-0.15, -0.1) is 11.3 Å². The van der Waals surface area contributed by atoms with Crippen molar-refractivity contribution in [1.29, 1.82) is 0 Å². The van der Waals surface area contributed by atoms with E-state index >= 15 is 0 Å². The fraction of sp³-hybridized carbons (Fsp3) is 0.357. The van der Waals surface area contributed by atoms with Gasteiger partial charge < -0.3 is 9.64 Å². The van der Waals surface area contributed by atoms with Crippen molar-refractivity contribution in [3.05, 3.63) is 24.2 Å². The largest absolute Gasteiger partial charge is 0.378 e. The summed E-state index contributed by atoms with van der Waals surface area (Å²) in [7, 11) is 0. The number of pyridine rings is 1. The molecule has 0 unspecified atom stereocenters. The Labute approximate surface area is 120 Å². The Bertz CT molecular complexity index is 779. The van der Waals surface area contributed by atoms with Crippen molar-refractivity contribution >= 4 is 37.6 Å². The molecule has 1 saturated heterocycles. The first-order chi connectivity index (χ1) is 9.83. The minimum atomic E-state index is 0.758. The molecule has 0 aliphatic carbocycles. The highest BCUT2D eigenvalue weighted by molar-refractivity contribution is 7.25. The van der Waals surface area contributed by atoms with Crippen molar-refractivity contribution in [2.24, 2.45) is 0 Å². The van der Waals surface area contributed by atoms with Gasteiger partial charge in [-0.2, -0.15) is 0 Å². The van der Waals surface area contributed by atoms with Crippen LogP contribution in [-0.4, -0.2) is 41.3 Å². The molecule has 102 valence electrons. The van der Waals surface area contributed by atoms with E-state index < -0.39 is 0 Å². The summed E-state index contributed by atoms with van der Waals surface area (Å²) in [5.41, 5.74) is 2.17. The number of aromatic nitrogens is 3. The maximum absolute atomic E-state index is 5.41. The van der Waals surface area contributed by atoms with Gasteiger partial charge in [0.2, 0.25) is 0 Å². The van der Waals surface area contributed by atoms with E-state index in [9.17, 15) is 0 Å². The summed E-state index contributed by atoms with van der Waals surface area (Å²) in [4.78, 5) is 16.8. The summed E-state index contributed by atoms with van der Waals surface area (Å²) >= 11 is 1.67. The third kappa shape index (κ3) is 1.83. The SMILES string of the molecule is Cc1cnc2sc3c(N4CCOCC4)ncnc3c2c1. The fourth-order valence-electron chi connectivity index (χ4n) is 2.56. The molecule has 0 N–H and O–H groups in total. The van der Waals surface area contributed by atoms with Crippen LogP contribution < -0.4 is 4.90 Å². The highest BCUT2D eigenvalue weighted by atomic mass is 32.1. The molecule has 3 aromatic rings. The lowest BCUT2D eigenvalue weighted by Gasteiger charge is -2.27. The molecule has 0 bridgehead atoms. The number of aryl methyl sites for hydroxylation is 1. The third-order valence-corrected chi connectivity index (χ3v) is 4.64. The Morgan fingerprint density at radius 1 is 1.20 bits per heavy atom. The smallest absolute Gasteiger partial charge is 0.150 e. The van der Waals surface area contributed by atoms with Gasteiger partial charge in [-0.3, -0.25) is 0 Å². The second-order valence-electron chi connectivity index (χ2n) is 4.94. The number of ether oxygens (including phenoxy) is 1. The summed E-state index contributed by atoms with van der Waals surface area (Å²) in [6.45, 7) is 5.33. The second-order valence-corrected chi connectivity index (χ2v) is 5.94. The van der Waals surface area contributed by atoms with E-state index in [1.807, 2.05) is 6.20 Å². The monoisotopic (exact) mass is 286 g/mol. The molecule has 1 aliphatic heterocycles. The molecule has 4 heterocycles. The highest BCUT2D eigenvalue weighted by Crippen LogP contribution is 2.36. The van der Waals surface area contributed by atoms with Crippen molar-refractivity contribution in [2.45, 2.75) is 6.92 Å². The van der Waals surface area contributed by atoms with Crippen LogP contribution in [0.15, 0.2) is 18.6 Å². The number of anilines is 1. The molecular formula is C14H14N4OS. The van der Waals surface area contributed by atoms with E-state index in [-0.39, 0.29) is 0 Å². The predicted octanol–water partition coefficient (Wildman–Crippen LogP) is 2.38. The molecule has 0 amide bonds. The minimum absolute atomic E-state index is 0.758. The first-order valence-electron chi connectivity index (χ1n) is 6.65. The van der Waals surface area contributed by atoms with E-state index in [4.69, 9.17) is 4.74 Å². The van der Waals surface area contributed by atoms with Gasteiger partial charge in [-0.25, -0.2) is 15.0 Å². The van der Waals surface area contributed by atoms with Crippen molar-refractivity contribution < 1.29 is 4.74 Å². The molecule has 0 aromatic carbocycles. The van der Waals surface area contributed by atoms with Gasteiger partial charge >= 0.3 is 0 Å². The molecule has 6 heteroatoms. The molecule has 4 rings (SSSR count). The third-order valence-electron chi connectivity index (χ3n) is 3.54. The zero-order valence-electron chi connectivity index (χ0n) is 11.2. The Hall–Kier alpha value is -1.79. The van der Waals surface area contributed by atoms with E-state index in [0.29, 0.717) is 0 Å². The van der Waals surface area contributed by atoms with Crippen LogP contribution in [0.5, 0.6) is 0 Å². The summed E-state index contributed by atoms with van der Waals surface area (Å²) in [6.07, 6.45) is 3.56. The fourth-order valence-corrected chi connectivity index (χ4v) is 3.65. The molecule has 0 atom stereocenters. The summed E-state index contributed by atoms with van der Waals surface area (Å²) in [6, 6.07) is 2.15. The first-order valence-corrected chi connectivity index (χ1v) is 7.47. The van der Waals surface area contributed by atoms with Gasteiger partial charge in [0.15, 0.2) is 0 Å². The molecule has 0 spiro atoms. The Kier molecular flexibility index (Phi) is 2.78. The average Bonchev–Trinajstić information content (AvgIpc) is 2.86. The number of rotatable bonds is 1. The molecule has 5 nitrogen and oxygen atoms in total. The Balaban J connectivity index is 1.95. The number of thiophene rings is 1. The molecule has 0 radical (unpaired) electrons. The zero-order chi connectivity index (χ0) is 13.5. The van der Waals surface area contributed by atoms with Crippen LogP contribution >= 0.6 is 11.3 Å². The van der Waals surface area contributed by atoms with Crippen molar-refractivity contribution in [3.63, 3.8) is 0 Å². The van der Waals surface area contributed by atoms with Crippen LogP contribution in [0, 0.1) is 6.92 Å². The van der Waals surface area contributed by atoms with Crippen LogP contribution in [-0.2, 0) is 4.74 Å². The van der Waals surface area contributed by atoms with Crippen molar-refractivity contribution in [1.82, 2.24) is 15.0 Å². The van der Waals surface area contributed by atoms with Crippen LogP contribution in [0.2, 0.25) is 0 Å². The standard InChI is InChI=1S/C14H14N4OS/c1-9-6-10-11-12(20-14(10)15-7-9)13(17-8-16-11)18-2-4-19-5-3-18/h6-8H,2-5H2,1H3. The van der Waals surface area contributed by atoms with Gasteiger partial charge in [0.25, 0.3) is 0 Å². The number of hydrogen-bond acceptors (Lipinski definition) is 6. The minimum Gasteiger partial charge on any atom is -0.378 e. The van der Waals surface area contributed by atoms with Gasteiger partial charge in [-0.1, -0.05) is 0 Å². The molecule has 0 saturated carbocycles. The number of fused-ring (bicyclic) bond motifs is 3. The van der Waals surface area contributed by atoms with Crippen LogP contribution in [0.4, 0.5) is 5.82 Å². The Morgan fingerprint density at radius 3 is 2.90 bits per heavy atom. The highest BCUT2D eigenvalue weighted by Gasteiger charge is 2.18. The van der Waals surface area contributed by atoms with Gasteiger partial charge in [0.1, 0.15) is 17.0 Å². The number of nitrogens with zero attached hydrogens (tertiary/aromatic N) is 4. The molecular weight excluding hydrogens is 272 g/mol. The lowest BCUT2D eigenvalue weighted by Crippen LogP contribution is -2.36. The lowest BCUT2D eigenvalue weighted by atomic mass is 10.2. The van der Waals surface area contributed by atoms with E-state index in [1.165, 1.54) is 0 Å². The van der Waals surface area contributed by atoms with Gasteiger partial charge in [-0.05, 0) is 18.6 Å². The quantitative estimate of drug-likeness (QED) is 0.687. The summed E-state index contributed by atoms with van der Waals surface area (Å²) in [5.74, 6) is 1.01.